The van der Waals surface area contributed by atoms with Gasteiger partial charge in [0.05, 0.1) is 13.7 Å². The third kappa shape index (κ3) is 6.94. The molecule has 23 heavy (non-hydrogen) atoms. The number of benzene rings is 1. The summed E-state index contributed by atoms with van der Waals surface area (Å²) in [5.74, 6) is 2.24. The van der Waals surface area contributed by atoms with Crippen LogP contribution in [0.4, 0.5) is 0 Å². The first-order valence-corrected chi connectivity index (χ1v) is 8.03. The van der Waals surface area contributed by atoms with Gasteiger partial charge < -0.3 is 20.1 Å². The normalized spacial score (nSPS) is 14.6. The van der Waals surface area contributed by atoms with Crippen LogP contribution in [0.5, 0.6) is 11.5 Å². The maximum absolute atomic E-state index is 6.16. The molecule has 0 amide bonds. The van der Waals surface area contributed by atoms with E-state index in [4.69, 9.17) is 21.1 Å². The van der Waals surface area contributed by atoms with Crippen molar-refractivity contribution in [3.63, 3.8) is 0 Å². The fourth-order valence-electron chi connectivity index (χ4n) is 2.71. The lowest BCUT2D eigenvalue weighted by Crippen LogP contribution is -2.33. The molecule has 7 heteroatoms. The molecule has 134 valence electrons. The van der Waals surface area contributed by atoms with Crippen LogP contribution in [0.3, 0.4) is 0 Å². The van der Waals surface area contributed by atoms with Crippen LogP contribution in [0.15, 0.2) is 12.1 Å². The van der Waals surface area contributed by atoms with Crippen LogP contribution in [-0.2, 0) is 6.54 Å². The zero-order chi connectivity index (χ0) is 15.1. The maximum Gasteiger partial charge on any atom is 0.165 e. The molecule has 1 fully saturated rings. The van der Waals surface area contributed by atoms with Crippen molar-refractivity contribution in [2.75, 3.05) is 33.4 Å². The minimum atomic E-state index is 0. The Balaban J connectivity index is 0.00000242. The molecule has 0 unspecified atom stereocenters. The molecule has 2 N–H and O–H groups in total. The van der Waals surface area contributed by atoms with Gasteiger partial charge in [-0.25, -0.2) is 0 Å². The van der Waals surface area contributed by atoms with Gasteiger partial charge in [0, 0.05) is 23.2 Å². The maximum atomic E-state index is 6.16. The summed E-state index contributed by atoms with van der Waals surface area (Å²) < 4.78 is 11.1. The first kappa shape index (κ1) is 22.6. The minimum absolute atomic E-state index is 0. The molecule has 1 aliphatic heterocycles. The van der Waals surface area contributed by atoms with Crippen molar-refractivity contribution < 1.29 is 9.47 Å². The predicted molar refractivity (Wildman–Crippen MR) is 101 cm³/mol. The standard InChI is InChI=1S/C16H25ClN2O2.2ClH/c1-3-21-16-13(8-14(17)9-15(16)20-2)11-19-10-12-4-6-18-7-5-12;;/h8-9,12,18-19H,3-7,10-11H2,1-2H3;2*1H. The zero-order valence-corrected chi connectivity index (χ0v) is 16.1. The van der Waals surface area contributed by atoms with Gasteiger partial charge in [-0.05, 0) is 51.4 Å². The van der Waals surface area contributed by atoms with Crippen molar-refractivity contribution in [3.8, 4) is 11.5 Å². The monoisotopic (exact) mass is 384 g/mol. The number of halogens is 3. The fourth-order valence-corrected chi connectivity index (χ4v) is 2.94. The third-order valence-corrected chi connectivity index (χ3v) is 4.03. The second kappa shape index (κ2) is 12.0. The molecule has 1 saturated heterocycles. The number of rotatable bonds is 7. The SMILES string of the molecule is CCOc1c(CNCC2CCNCC2)cc(Cl)cc1OC.Cl.Cl. The van der Waals surface area contributed by atoms with E-state index < -0.39 is 0 Å². The Morgan fingerprint density at radius 2 is 1.96 bits per heavy atom. The summed E-state index contributed by atoms with van der Waals surface area (Å²) >= 11 is 6.16. The highest BCUT2D eigenvalue weighted by atomic mass is 35.5. The fraction of sp³-hybridized carbons (Fsp3) is 0.625. The Morgan fingerprint density at radius 1 is 1.26 bits per heavy atom. The molecule has 1 aromatic carbocycles. The average molecular weight is 386 g/mol. The summed E-state index contributed by atoms with van der Waals surface area (Å²) in [5, 5.41) is 7.59. The van der Waals surface area contributed by atoms with E-state index in [1.165, 1.54) is 12.8 Å². The lowest BCUT2D eigenvalue weighted by Gasteiger charge is -2.23. The van der Waals surface area contributed by atoms with Crippen molar-refractivity contribution >= 4 is 36.4 Å². The highest BCUT2D eigenvalue weighted by Gasteiger charge is 2.15. The first-order valence-electron chi connectivity index (χ1n) is 7.65. The third-order valence-electron chi connectivity index (χ3n) is 3.81. The minimum Gasteiger partial charge on any atom is -0.493 e. The first-order chi connectivity index (χ1) is 10.2. The van der Waals surface area contributed by atoms with Gasteiger partial charge in [0.15, 0.2) is 11.5 Å². The number of hydrogen-bond donors (Lipinski definition) is 2. The van der Waals surface area contributed by atoms with Crippen LogP contribution >= 0.6 is 36.4 Å². The van der Waals surface area contributed by atoms with E-state index in [2.05, 4.69) is 10.6 Å². The summed E-state index contributed by atoms with van der Waals surface area (Å²) in [6.07, 6.45) is 2.48. The quantitative estimate of drug-likeness (QED) is 0.751. The number of ether oxygens (including phenoxy) is 2. The highest BCUT2D eigenvalue weighted by molar-refractivity contribution is 6.30. The molecule has 0 spiro atoms. The molecule has 0 radical (unpaired) electrons. The van der Waals surface area contributed by atoms with Crippen LogP contribution in [-0.4, -0.2) is 33.4 Å². The summed E-state index contributed by atoms with van der Waals surface area (Å²) in [4.78, 5) is 0. The Hall–Kier alpha value is -0.390. The molecule has 1 aliphatic rings. The van der Waals surface area contributed by atoms with E-state index in [1.54, 1.807) is 13.2 Å². The van der Waals surface area contributed by atoms with Crippen molar-refractivity contribution in [1.82, 2.24) is 10.6 Å². The van der Waals surface area contributed by atoms with E-state index in [9.17, 15) is 0 Å². The summed E-state index contributed by atoms with van der Waals surface area (Å²) in [7, 11) is 1.64. The molecular weight excluding hydrogens is 359 g/mol. The van der Waals surface area contributed by atoms with Gasteiger partial charge in [-0.15, -0.1) is 24.8 Å². The van der Waals surface area contributed by atoms with E-state index in [-0.39, 0.29) is 24.8 Å². The number of piperidine rings is 1. The predicted octanol–water partition coefficient (Wildman–Crippen LogP) is 3.68. The van der Waals surface area contributed by atoms with E-state index >= 15 is 0 Å². The van der Waals surface area contributed by atoms with E-state index in [0.29, 0.717) is 17.4 Å². The molecule has 0 atom stereocenters. The van der Waals surface area contributed by atoms with Gasteiger partial charge in [0.25, 0.3) is 0 Å². The van der Waals surface area contributed by atoms with Gasteiger partial charge in [0.2, 0.25) is 0 Å². The van der Waals surface area contributed by atoms with Crippen LogP contribution in [0, 0.1) is 5.92 Å². The molecular formula is C16H27Cl3N2O2. The van der Waals surface area contributed by atoms with E-state index in [1.807, 2.05) is 13.0 Å². The Bertz CT molecular complexity index is 455. The largest absolute Gasteiger partial charge is 0.493 e. The van der Waals surface area contributed by atoms with Crippen molar-refractivity contribution in [3.05, 3.63) is 22.7 Å². The molecule has 2 rings (SSSR count). The van der Waals surface area contributed by atoms with E-state index in [0.717, 1.165) is 43.4 Å². The Labute approximate surface area is 156 Å². The van der Waals surface area contributed by atoms with Crippen LogP contribution in [0.25, 0.3) is 0 Å². The average Bonchev–Trinajstić information content (AvgIpc) is 2.50. The molecule has 0 saturated carbocycles. The molecule has 0 bridgehead atoms. The van der Waals surface area contributed by atoms with Gasteiger partial charge in [0.1, 0.15) is 0 Å². The molecule has 0 aromatic heterocycles. The van der Waals surface area contributed by atoms with Crippen LogP contribution in [0.2, 0.25) is 5.02 Å². The van der Waals surface area contributed by atoms with Crippen LogP contribution in [0.1, 0.15) is 25.3 Å². The molecule has 1 aromatic rings. The lowest BCUT2D eigenvalue weighted by atomic mass is 9.98. The van der Waals surface area contributed by atoms with Crippen molar-refractivity contribution in [1.29, 1.82) is 0 Å². The summed E-state index contributed by atoms with van der Waals surface area (Å²) in [5.41, 5.74) is 1.05. The van der Waals surface area contributed by atoms with Crippen molar-refractivity contribution in [2.45, 2.75) is 26.3 Å². The Kier molecular flexibility index (Phi) is 11.8. The second-order valence-electron chi connectivity index (χ2n) is 5.35. The number of nitrogens with one attached hydrogen (secondary N) is 2. The van der Waals surface area contributed by atoms with Gasteiger partial charge >= 0.3 is 0 Å². The van der Waals surface area contributed by atoms with Gasteiger partial charge in [-0.1, -0.05) is 11.6 Å². The Morgan fingerprint density at radius 3 is 2.57 bits per heavy atom. The topological polar surface area (TPSA) is 42.5 Å². The lowest BCUT2D eigenvalue weighted by molar-refractivity contribution is 0.305. The second-order valence-corrected chi connectivity index (χ2v) is 5.79. The van der Waals surface area contributed by atoms with Crippen molar-refractivity contribution in [2.24, 2.45) is 5.92 Å². The molecule has 4 nitrogen and oxygen atoms in total. The zero-order valence-electron chi connectivity index (χ0n) is 13.7. The highest BCUT2D eigenvalue weighted by Crippen LogP contribution is 2.34. The number of methoxy groups -OCH3 is 1. The summed E-state index contributed by atoms with van der Waals surface area (Å²) in [6, 6.07) is 3.74. The smallest absolute Gasteiger partial charge is 0.165 e. The summed E-state index contributed by atoms with van der Waals surface area (Å²) in [6.45, 7) is 6.61. The molecule has 1 heterocycles. The number of hydrogen-bond acceptors (Lipinski definition) is 4. The van der Waals surface area contributed by atoms with Crippen LogP contribution < -0.4 is 20.1 Å². The van der Waals surface area contributed by atoms with Gasteiger partial charge in [-0.3, -0.25) is 0 Å². The van der Waals surface area contributed by atoms with Gasteiger partial charge in [-0.2, -0.15) is 0 Å². The molecule has 0 aliphatic carbocycles.